The molecule has 2 saturated heterocycles. The Morgan fingerprint density at radius 1 is 1.16 bits per heavy atom. The lowest BCUT2D eigenvalue weighted by atomic mass is 9.99. The minimum absolute atomic E-state index is 0.0612. The van der Waals surface area contributed by atoms with Gasteiger partial charge >= 0.3 is 18.1 Å². The highest BCUT2D eigenvalue weighted by molar-refractivity contribution is 8.00. The SMILES string of the molecule is N[C@@H]1C(=O)N2C(C(=O)O)=C(/C=C3\CN(c4ccccc4)C3=O)CS[C@H]12.O=C(O)C(F)(F)F. The first kappa shape index (κ1) is 23.3. The third-order valence-corrected chi connectivity index (χ3v) is 6.07. The first-order chi connectivity index (χ1) is 14.9. The Hall–Kier alpha value is -3.32. The number of para-hydroxylation sites is 1. The maximum atomic E-state index is 12.4. The number of hydrogen-bond donors (Lipinski definition) is 3. The zero-order valence-electron chi connectivity index (χ0n) is 16.1. The third kappa shape index (κ3) is 4.34. The summed E-state index contributed by atoms with van der Waals surface area (Å²) >= 11 is 1.42. The highest BCUT2D eigenvalue weighted by atomic mass is 32.2. The maximum Gasteiger partial charge on any atom is 0.490 e. The Morgan fingerprint density at radius 2 is 1.75 bits per heavy atom. The van der Waals surface area contributed by atoms with Crippen molar-refractivity contribution in [3.63, 3.8) is 0 Å². The molecule has 0 radical (unpaired) electrons. The van der Waals surface area contributed by atoms with E-state index in [1.54, 1.807) is 11.0 Å². The van der Waals surface area contributed by atoms with Gasteiger partial charge in [-0.25, -0.2) is 9.59 Å². The molecule has 32 heavy (non-hydrogen) atoms. The fraction of sp³-hybridized carbons (Fsp3) is 0.263. The largest absolute Gasteiger partial charge is 0.490 e. The summed E-state index contributed by atoms with van der Waals surface area (Å²) < 4.78 is 31.7. The van der Waals surface area contributed by atoms with Gasteiger partial charge in [-0.1, -0.05) is 18.2 Å². The van der Waals surface area contributed by atoms with E-state index in [0.29, 0.717) is 23.4 Å². The van der Waals surface area contributed by atoms with E-state index in [9.17, 15) is 32.7 Å². The highest BCUT2D eigenvalue weighted by Crippen LogP contribution is 2.40. The average Bonchev–Trinajstić information content (AvgIpc) is 2.75. The van der Waals surface area contributed by atoms with Gasteiger partial charge in [0.25, 0.3) is 5.91 Å². The van der Waals surface area contributed by atoms with E-state index in [2.05, 4.69) is 0 Å². The van der Waals surface area contributed by atoms with Gasteiger partial charge in [-0.3, -0.25) is 14.5 Å². The van der Waals surface area contributed by atoms with Crippen LogP contribution in [-0.2, 0) is 19.2 Å². The predicted octanol–water partition coefficient (Wildman–Crippen LogP) is 1.17. The zero-order valence-corrected chi connectivity index (χ0v) is 16.9. The predicted molar refractivity (Wildman–Crippen MR) is 106 cm³/mol. The minimum atomic E-state index is -5.08. The van der Waals surface area contributed by atoms with Crippen molar-refractivity contribution in [2.75, 3.05) is 17.2 Å². The molecule has 2 amide bonds. The zero-order chi connectivity index (χ0) is 23.8. The van der Waals surface area contributed by atoms with Crippen LogP contribution in [0.2, 0.25) is 0 Å². The Morgan fingerprint density at radius 3 is 2.25 bits per heavy atom. The van der Waals surface area contributed by atoms with Crippen molar-refractivity contribution in [1.29, 1.82) is 0 Å². The summed E-state index contributed by atoms with van der Waals surface area (Å²) in [6.07, 6.45) is -3.48. The number of carbonyl (C=O) groups is 4. The van der Waals surface area contributed by atoms with Gasteiger partial charge in [0.15, 0.2) is 0 Å². The van der Waals surface area contributed by atoms with Crippen LogP contribution < -0.4 is 10.6 Å². The van der Waals surface area contributed by atoms with E-state index >= 15 is 0 Å². The average molecular weight is 471 g/mol. The van der Waals surface area contributed by atoms with Crippen molar-refractivity contribution in [1.82, 2.24) is 4.90 Å². The number of fused-ring (bicyclic) bond motifs is 1. The normalized spacial score (nSPS) is 23.7. The first-order valence-corrected chi connectivity index (χ1v) is 10.0. The molecule has 3 heterocycles. The minimum Gasteiger partial charge on any atom is -0.477 e. The Labute approximate surface area is 182 Å². The number of carboxylic acid groups (broad SMARTS) is 2. The number of anilines is 1. The van der Waals surface area contributed by atoms with Crippen LogP contribution in [0.25, 0.3) is 0 Å². The van der Waals surface area contributed by atoms with Crippen LogP contribution >= 0.6 is 11.8 Å². The molecule has 4 N–H and O–H groups in total. The quantitative estimate of drug-likeness (QED) is 0.441. The molecule has 0 aromatic heterocycles. The number of nitrogens with two attached hydrogens (primary N) is 1. The summed E-state index contributed by atoms with van der Waals surface area (Å²) in [4.78, 5) is 47.7. The van der Waals surface area contributed by atoms with Gasteiger partial charge < -0.3 is 20.8 Å². The van der Waals surface area contributed by atoms with Gasteiger partial charge in [-0.2, -0.15) is 13.2 Å². The van der Waals surface area contributed by atoms with E-state index in [1.807, 2.05) is 30.3 Å². The number of carboxylic acids is 2. The van der Waals surface area contributed by atoms with Crippen molar-refractivity contribution in [3.8, 4) is 0 Å². The van der Waals surface area contributed by atoms with Crippen LogP contribution in [0.4, 0.5) is 18.9 Å². The molecular formula is C19H16F3N3O6S. The lowest BCUT2D eigenvalue weighted by Gasteiger charge is -2.47. The molecule has 2 atom stereocenters. The highest BCUT2D eigenvalue weighted by Gasteiger charge is 2.51. The maximum absolute atomic E-state index is 12.4. The van der Waals surface area contributed by atoms with Crippen LogP contribution in [0.3, 0.4) is 0 Å². The molecule has 1 aromatic rings. The van der Waals surface area contributed by atoms with Gasteiger partial charge in [0.05, 0.1) is 6.54 Å². The first-order valence-electron chi connectivity index (χ1n) is 8.97. The van der Waals surface area contributed by atoms with Crippen LogP contribution in [0.15, 0.2) is 53.3 Å². The Kier molecular flexibility index (Phi) is 6.32. The number of aliphatic carboxylic acids is 2. The molecule has 2 fully saturated rings. The third-order valence-electron chi connectivity index (χ3n) is 4.75. The summed E-state index contributed by atoms with van der Waals surface area (Å²) in [6, 6.07) is 8.61. The van der Waals surface area contributed by atoms with Gasteiger partial charge in [0.1, 0.15) is 17.1 Å². The van der Waals surface area contributed by atoms with Gasteiger partial charge in [0.2, 0.25) is 5.91 Å². The Bertz CT molecular complexity index is 1040. The van der Waals surface area contributed by atoms with E-state index in [-0.39, 0.29) is 17.0 Å². The number of rotatable bonds is 3. The summed E-state index contributed by atoms with van der Waals surface area (Å²) in [6.45, 7) is 0.417. The molecule has 0 unspecified atom stereocenters. The molecule has 0 saturated carbocycles. The van der Waals surface area contributed by atoms with E-state index in [1.165, 1.54) is 16.7 Å². The summed E-state index contributed by atoms with van der Waals surface area (Å²) in [5.41, 5.74) is 7.48. The number of carbonyl (C=O) groups excluding carboxylic acids is 2. The molecule has 4 rings (SSSR count). The lowest BCUT2D eigenvalue weighted by molar-refractivity contribution is -0.192. The van der Waals surface area contributed by atoms with Gasteiger partial charge in [-0.15, -0.1) is 11.8 Å². The molecular weight excluding hydrogens is 455 g/mol. The van der Waals surface area contributed by atoms with E-state index in [0.717, 1.165) is 5.69 Å². The molecule has 0 spiro atoms. The fourth-order valence-electron chi connectivity index (χ4n) is 3.18. The van der Waals surface area contributed by atoms with Crippen molar-refractivity contribution in [3.05, 3.63) is 53.3 Å². The standard InChI is InChI=1S/C17H15N3O4S.C2HF3O2/c18-12-15(22)20-13(17(23)24)10(8-25-16(12)20)6-9-7-19(14(9)21)11-4-2-1-3-5-11;3-2(4,5)1(6)7/h1-6,12,16H,7-8,18H2,(H,23,24);(H,6,7)/b9-6+;/t12-,16-;/m1./s1. The summed E-state index contributed by atoms with van der Waals surface area (Å²) in [5.74, 6) is -4.07. The molecule has 9 nitrogen and oxygen atoms in total. The number of benzene rings is 1. The number of nitrogens with zero attached hydrogens (tertiary/aromatic N) is 2. The second kappa shape index (κ2) is 8.67. The molecule has 1 aromatic carbocycles. The van der Waals surface area contributed by atoms with Crippen LogP contribution in [0.1, 0.15) is 0 Å². The van der Waals surface area contributed by atoms with Crippen molar-refractivity contribution in [2.45, 2.75) is 17.6 Å². The molecule has 170 valence electrons. The molecule has 0 aliphatic carbocycles. The monoisotopic (exact) mass is 471 g/mol. The second-order valence-electron chi connectivity index (χ2n) is 6.81. The van der Waals surface area contributed by atoms with Crippen LogP contribution in [0, 0.1) is 0 Å². The van der Waals surface area contributed by atoms with E-state index < -0.39 is 30.1 Å². The summed E-state index contributed by atoms with van der Waals surface area (Å²) in [7, 11) is 0. The topological polar surface area (TPSA) is 141 Å². The number of hydrogen-bond acceptors (Lipinski definition) is 6. The van der Waals surface area contributed by atoms with Crippen LogP contribution in [-0.4, -0.2) is 68.8 Å². The smallest absolute Gasteiger partial charge is 0.477 e. The van der Waals surface area contributed by atoms with Crippen LogP contribution in [0.5, 0.6) is 0 Å². The van der Waals surface area contributed by atoms with Gasteiger partial charge in [-0.05, 0) is 23.8 Å². The number of alkyl halides is 3. The van der Waals surface area contributed by atoms with Gasteiger partial charge in [0, 0.05) is 17.0 Å². The fourth-order valence-corrected chi connectivity index (χ4v) is 4.43. The lowest BCUT2D eigenvalue weighted by Crippen LogP contribution is -2.68. The molecule has 0 bridgehead atoms. The number of β-lactam (4-membered cyclic amide) rings is 2. The number of thioether (sulfide) groups is 1. The number of halogens is 3. The number of allylic oxidation sites excluding steroid dienone is 1. The summed E-state index contributed by atoms with van der Waals surface area (Å²) in [5, 5.41) is 16.3. The van der Waals surface area contributed by atoms with Crippen molar-refractivity contribution in [2.24, 2.45) is 5.73 Å². The molecule has 13 heteroatoms. The Balaban J connectivity index is 0.000000360. The molecule has 3 aliphatic rings. The number of amides is 2. The van der Waals surface area contributed by atoms with Crippen molar-refractivity contribution < 1.29 is 42.6 Å². The van der Waals surface area contributed by atoms with Crippen molar-refractivity contribution >= 4 is 41.2 Å². The van der Waals surface area contributed by atoms with E-state index in [4.69, 9.17) is 15.6 Å². The second-order valence-corrected chi connectivity index (χ2v) is 7.92. The molecule has 3 aliphatic heterocycles.